The molecule has 0 spiro atoms. The van der Waals surface area contributed by atoms with Gasteiger partial charge in [-0.1, -0.05) is 30.3 Å². The summed E-state index contributed by atoms with van der Waals surface area (Å²) >= 11 is 0. The summed E-state index contributed by atoms with van der Waals surface area (Å²) in [5, 5.41) is 0. The molecule has 0 atom stereocenters. The topological polar surface area (TPSA) is 38.5 Å². The maximum absolute atomic E-state index is 5.81. The van der Waals surface area contributed by atoms with E-state index in [-0.39, 0.29) is 0 Å². The minimum atomic E-state index is 0.690. The molecule has 20 heavy (non-hydrogen) atoms. The van der Waals surface area contributed by atoms with Crippen LogP contribution in [0.4, 0.5) is 5.69 Å². The van der Waals surface area contributed by atoms with Crippen LogP contribution in [0.3, 0.4) is 0 Å². The molecular formula is C17H22N2O. The Morgan fingerprint density at radius 3 is 2.60 bits per heavy atom. The average molecular weight is 270 g/mol. The lowest BCUT2D eigenvalue weighted by Crippen LogP contribution is -2.18. The van der Waals surface area contributed by atoms with Crippen molar-refractivity contribution in [1.29, 1.82) is 0 Å². The van der Waals surface area contributed by atoms with Crippen molar-refractivity contribution in [1.82, 2.24) is 4.90 Å². The Balaban J connectivity index is 2.02. The molecule has 0 saturated carbocycles. The molecule has 0 radical (unpaired) electrons. The Morgan fingerprint density at radius 2 is 1.85 bits per heavy atom. The van der Waals surface area contributed by atoms with Crippen LogP contribution >= 0.6 is 0 Å². The summed E-state index contributed by atoms with van der Waals surface area (Å²) in [6.07, 6.45) is 0. The average Bonchev–Trinajstić information content (AvgIpc) is 2.41. The molecule has 106 valence electrons. The molecule has 2 rings (SSSR count). The van der Waals surface area contributed by atoms with Crippen LogP contribution in [0.25, 0.3) is 0 Å². The summed E-state index contributed by atoms with van der Waals surface area (Å²) in [5.41, 5.74) is 9.06. The van der Waals surface area contributed by atoms with E-state index in [4.69, 9.17) is 10.5 Å². The maximum Gasteiger partial charge on any atom is 0.123 e. The van der Waals surface area contributed by atoms with Gasteiger partial charge in [0.2, 0.25) is 0 Å². The minimum absolute atomic E-state index is 0.690. The largest absolute Gasteiger partial charge is 0.494 e. The van der Waals surface area contributed by atoms with Crippen molar-refractivity contribution in [3.8, 4) is 5.75 Å². The zero-order valence-electron chi connectivity index (χ0n) is 12.2. The molecule has 0 fully saturated rings. The normalized spacial score (nSPS) is 10.8. The van der Waals surface area contributed by atoms with Gasteiger partial charge in [0.1, 0.15) is 5.75 Å². The van der Waals surface area contributed by atoms with Gasteiger partial charge in [-0.3, -0.25) is 4.90 Å². The number of benzene rings is 2. The second-order valence-corrected chi connectivity index (χ2v) is 4.96. The first-order chi connectivity index (χ1) is 9.69. The number of rotatable bonds is 6. The Hall–Kier alpha value is -2.00. The number of nitrogen functional groups attached to an aromatic ring is 1. The van der Waals surface area contributed by atoms with Crippen LogP contribution in [0, 0.1) is 0 Å². The quantitative estimate of drug-likeness (QED) is 0.819. The number of nitrogens with two attached hydrogens (primary N) is 1. The van der Waals surface area contributed by atoms with E-state index >= 15 is 0 Å². The Labute approximate surface area is 121 Å². The third kappa shape index (κ3) is 4.00. The summed E-state index contributed by atoms with van der Waals surface area (Å²) in [4.78, 5) is 2.26. The van der Waals surface area contributed by atoms with E-state index in [0.717, 1.165) is 24.5 Å². The van der Waals surface area contributed by atoms with E-state index in [9.17, 15) is 0 Å². The Morgan fingerprint density at radius 1 is 1.05 bits per heavy atom. The standard InChI is InChI=1S/C17H22N2O/c1-3-20-17-10-5-4-8-15(17)13-19(2)12-14-7-6-9-16(18)11-14/h4-11H,3,12-13,18H2,1-2H3. The lowest BCUT2D eigenvalue weighted by Gasteiger charge is -2.19. The van der Waals surface area contributed by atoms with Crippen molar-refractivity contribution in [2.24, 2.45) is 0 Å². The summed E-state index contributed by atoms with van der Waals surface area (Å²) in [6.45, 7) is 4.42. The smallest absolute Gasteiger partial charge is 0.123 e. The van der Waals surface area contributed by atoms with Gasteiger partial charge in [-0.15, -0.1) is 0 Å². The predicted octanol–water partition coefficient (Wildman–Crippen LogP) is 3.30. The zero-order valence-corrected chi connectivity index (χ0v) is 12.2. The SMILES string of the molecule is CCOc1ccccc1CN(C)Cc1cccc(N)c1. The van der Waals surface area contributed by atoms with Gasteiger partial charge in [-0.25, -0.2) is 0 Å². The Bertz CT molecular complexity index is 554. The number of ether oxygens (including phenoxy) is 1. The molecule has 0 aliphatic carbocycles. The Kier molecular flexibility index (Phi) is 5.02. The molecule has 0 aliphatic rings. The monoisotopic (exact) mass is 270 g/mol. The van der Waals surface area contributed by atoms with Crippen LogP contribution in [-0.4, -0.2) is 18.6 Å². The van der Waals surface area contributed by atoms with E-state index < -0.39 is 0 Å². The summed E-state index contributed by atoms with van der Waals surface area (Å²) < 4.78 is 5.66. The van der Waals surface area contributed by atoms with Crippen molar-refractivity contribution in [3.05, 3.63) is 59.7 Å². The third-order valence-corrected chi connectivity index (χ3v) is 3.12. The van der Waals surface area contributed by atoms with Crippen molar-refractivity contribution < 1.29 is 4.74 Å². The highest BCUT2D eigenvalue weighted by atomic mass is 16.5. The molecule has 0 aliphatic heterocycles. The van der Waals surface area contributed by atoms with E-state index in [2.05, 4.69) is 24.1 Å². The fourth-order valence-corrected chi connectivity index (χ4v) is 2.28. The molecular weight excluding hydrogens is 248 g/mol. The van der Waals surface area contributed by atoms with Gasteiger partial charge in [0.25, 0.3) is 0 Å². The van der Waals surface area contributed by atoms with Crippen LogP contribution in [0.2, 0.25) is 0 Å². The molecule has 2 aromatic carbocycles. The predicted molar refractivity (Wildman–Crippen MR) is 83.6 cm³/mol. The number of hydrogen-bond donors (Lipinski definition) is 1. The lowest BCUT2D eigenvalue weighted by molar-refractivity contribution is 0.298. The first kappa shape index (κ1) is 14.4. The summed E-state index contributed by atoms with van der Waals surface area (Å²) in [5.74, 6) is 0.967. The highest BCUT2D eigenvalue weighted by molar-refractivity contribution is 5.40. The number of para-hydroxylation sites is 1. The number of anilines is 1. The van der Waals surface area contributed by atoms with Gasteiger partial charge in [-0.05, 0) is 37.7 Å². The molecule has 3 heteroatoms. The van der Waals surface area contributed by atoms with E-state index in [1.165, 1.54) is 11.1 Å². The van der Waals surface area contributed by atoms with Crippen LogP contribution in [0.1, 0.15) is 18.1 Å². The fraction of sp³-hybridized carbons (Fsp3) is 0.294. The van der Waals surface area contributed by atoms with Crippen LogP contribution in [0.15, 0.2) is 48.5 Å². The molecule has 0 saturated heterocycles. The molecule has 0 bridgehead atoms. The van der Waals surface area contributed by atoms with Gasteiger partial charge in [-0.2, -0.15) is 0 Å². The molecule has 0 aromatic heterocycles. The van der Waals surface area contributed by atoms with E-state index in [1.54, 1.807) is 0 Å². The minimum Gasteiger partial charge on any atom is -0.494 e. The zero-order chi connectivity index (χ0) is 14.4. The van der Waals surface area contributed by atoms with E-state index in [0.29, 0.717) is 6.61 Å². The lowest BCUT2D eigenvalue weighted by atomic mass is 10.1. The molecule has 0 unspecified atom stereocenters. The van der Waals surface area contributed by atoms with Crippen LogP contribution < -0.4 is 10.5 Å². The molecule has 2 N–H and O–H groups in total. The highest BCUT2D eigenvalue weighted by Crippen LogP contribution is 2.20. The molecule has 0 heterocycles. The van der Waals surface area contributed by atoms with Gasteiger partial charge in [0.05, 0.1) is 6.61 Å². The third-order valence-electron chi connectivity index (χ3n) is 3.12. The molecule has 2 aromatic rings. The van der Waals surface area contributed by atoms with Crippen molar-refractivity contribution in [2.45, 2.75) is 20.0 Å². The van der Waals surface area contributed by atoms with Crippen LogP contribution in [-0.2, 0) is 13.1 Å². The number of nitrogens with zero attached hydrogens (tertiary/aromatic N) is 1. The second kappa shape index (κ2) is 6.96. The molecule has 0 amide bonds. The van der Waals surface area contributed by atoms with Gasteiger partial charge in [0, 0.05) is 24.3 Å². The molecule has 3 nitrogen and oxygen atoms in total. The summed E-state index contributed by atoms with van der Waals surface area (Å²) in [6, 6.07) is 16.2. The fourth-order valence-electron chi connectivity index (χ4n) is 2.28. The highest BCUT2D eigenvalue weighted by Gasteiger charge is 2.07. The van der Waals surface area contributed by atoms with E-state index in [1.807, 2.05) is 43.3 Å². The number of hydrogen-bond acceptors (Lipinski definition) is 3. The van der Waals surface area contributed by atoms with Gasteiger partial charge < -0.3 is 10.5 Å². The van der Waals surface area contributed by atoms with Crippen molar-refractivity contribution in [3.63, 3.8) is 0 Å². The maximum atomic E-state index is 5.81. The van der Waals surface area contributed by atoms with Crippen molar-refractivity contribution >= 4 is 5.69 Å². The van der Waals surface area contributed by atoms with Gasteiger partial charge >= 0.3 is 0 Å². The van der Waals surface area contributed by atoms with Crippen molar-refractivity contribution in [2.75, 3.05) is 19.4 Å². The first-order valence-corrected chi connectivity index (χ1v) is 6.92. The van der Waals surface area contributed by atoms with Crippen LogP contribution in [0.5, 0.6) is 5.75 Å². The first-order valence-electron chi connectivity index (χ1n) is 6.92. The summed E-state index contributed by atoms with van der Waals surface area (Å²) in [7, 11) is 2.10. The van der Waals surface area contributed by atoms with Gasteiger partial charge in [0.15, 0.2) is 0 Å². The second-order valence-electron chi connectivity index (χ2n) is 4.96.